The molecule has 0 radical (unpaired) electrons. The minimum Gasteiger partial charge on any atom is -0.435 e. The average molecular weight is 1100 g/mol. The molecule has 6 nitrogen and oxygen atoms in total. The molecule has 0 aliphatic rings. The van der Waals surface area contributed by atoms with E-state index in [-0.39, 0.29) is 42.1 Å². The molecule has 0 unspecified atom stereocenters. The molecule has 0 bridgehead atoms. The van der Waals surface area contributed by atoms with Crippen molar-refractivity contribution < 1.29 is 42.1 Å². The second kappa shape index (κ2) is 19.9. The van der Waals surface area contributed by atoms with Crippen LogP contribution in [0, 0.1) is 12.1 Å². The predicted molar refractivity (Wildman–Crippen MR) is 212 cm³/mol. The van der Waals surface area contributed by atoms with Crippen molar-refractivity contribution in [3.63, 3.8) is 0 Å². The molecule has 0 N–H and O–H groups in total. The minimum atomic E-state index is 0. The van der Waals surface area contributed by atoms with Gasteiger partial charge in [0, 0.05) is 22.7 Å². The first-order valence-electron chi connectivity index (χ1n) is 16.3. The molecule has 0 atom stereocenters. The third kappa shape index (κ3) is 10.2. The minimum absolute atomic E-state index is 0. The van der Waals surface area contributed by atoms with Gasteiger partial charge in [0.2, 0.25) is 0 Å². The summed E-state index contributed by atoms with van der Waals surface area (Å²) < 4.78 is 0. The van der Waals surface area contributed by atoms with Crippen molar-refractivity contribution in [1.29, 1.82) is 0 Å². The van der Waals surface area contributed by atoms with Crippen LogP contribution in [-0.2, 0) is 42.1 Å². The second-order valence-electron chi connectivity index (χ2n) is 11.3. The summed E-state index contributed by atoms with van der Waals surface area (Å²) in [6, 6.07) is 57.1. The van der Waals surface area contributed by atoms with Gasteiger partial charge in [-0.2, -0.15) is 0 Å². The first kappa shape index (κ1) is 40.2. The molecule has 0 amide bonds. The summed E-state index contributed by atoms with van der Waals surface area (Å²) in [5.41, 5.74) is 7.40. The quantitative estimate of drug-likeness (QED) is 0.127. The summed E-state index contributed by atoms with van der Waals surface area (Å²) in [7, 11) is 0. The molecule has 0 fully saturated rings. The van der Waals surface area contributed by atoms with Crippen LogP contribution in [0.25, 0.3) is 66.4 Å². The van der Waals surface area contributed by atoms with Crippen molar-refractivity contribution in [2.24, 2.45) is 0 Å². The number of para-hydroxylation sites is 2. The van der Waals surface area contributed by atoms with Crippen molar-refractivity contribution in [1.82, 2.24) is 29.9 Å². The maximum atomic E-state index is 5.80. The first-order chi connectivity index (χ1) is 25.6. The van der Waals surface area contributed by atoms with Crippen molar-refractivity contribution in [3.05, 3.63) is 193 Å². The Hall–Kier alpha value is -4.96. The fraction of sp³-hybridized carbons (Fsp3) is 0. The summed E-state index contributed by atoms with van der Waals surface area (Å²) >= 11 is 11.6. The Morgan fingerprint density at radius 2 is 0.815 bits per heavy atom. The first-order valence-corrected chi connectivity index (χ1v) is 17.1. The van der Waals surface area contributed by atoms with E-state index in [4.69, 9.17) is 23.2 Å². The van der Waals surface area contributed by atoms with Gasteiger partial charge in [0.1, 0.15) is 0 Å². The summed E-state index contributed by atoms with van der Waals surface area (Å²) in [6.07, 6.45) is 3.58. The van der Waals surface area contributed by atoms with E-state index in [0.717, 1.165) is 66.4 Å². The van der Waals surface area contributed by atoms with E-state index in [1.54, 1.807) is 24.5 Å². The summed E-state index contributed by atoms with van der Waals surface area (Å²) in [5, 5.41) is 5.36. The van der Waals surface area contributed by atoms with Crippen LogP contribution < -0.4 is 9.97 Å². The summed E-state index contributed by atoms with van der Waals surface area (Å²) in [4.78, 5) is 25.5. The van der Waals surface area contributed by atoms with Gasteiger partial charge in [0.05, 0.1) is 0 Å². The topological polar surface area (TPSA) is 79.8 Å². The molecule has 4 aromatic carbocycles. The number of nitrogens with zero attached hydrogens (tertiary/aromatic N) is 6. The van der Waals surface area contributed by atoms with E-state index >= 15 is 0 Å². The fourth-order valence-electron chi connectivity index (χ4n) is 5.42. The van der Waals surface area contributed by atoms with Gasteiger partial charge < -0.3 is 29.9 Å². The van der Waals surface area contributed by atoms with Gasteiger partial charge in [-0.25, -0.2) is 0 Å². The van der Waals surface area contributed by atoms with Crippen LogP contribution in [0.5, 0.6) is 0 Å². The monoisotopic (exact) mass is 1100 g/mol. The zero-order chi connectivity index (χ0) is 35.5. The molecule has 10 heteroatoms. The molecule has 0 saturated carbocycles. The number of benzene rings is 4. The predicted octanol–water partition coefficient (Wildman–Crippen LogP) is 11.1. The van der Waals surface area contributed by atoms with Gasteiger partial charge in [-0.15, -0.1) is 71.8 Å². The van der Waals surface area contributed by atoms with Gasteiger partial charge in [-0.1, -0.05) is 108 Å². The summed E-state index contributed by atoms with van der Waals surface area (Å²) in [6.45, 7) is 0. The number of aromatic nitrogens is 6. The Kier molecular flexibility index (Phi) is 14.8. The third-order valence-electron chi connectivity index (χ3n) is 7.82. The SMILES string of the molecule is Clc1ccc2c(n1)[n-]c1ccccc12.Clc1ccc2c(n1)[n-]c1ccccc12.[Pt+2].[Pt+2].[c-]1ccccc1-c1ccccn1.[c-]1ccccc1-c1ccccn1. The van der Waals surface area contributed by atoms with Gasteiger partial charge in [0.15, 0.2) is 0 Å². The van der Waals surface area contributed by atoms with Gasteiger partial charge in [0.25, 0.3) is 0 Å². The maximum Gasteiger partial charge on any atom is 2.00 e. The van der Waals surface area contributed by atoms with Crippen molar-refractivity contribution in [2.75, 3.05) is 0 Å². The third-order valence-corrected chi connectivity index (χ3v) is 8.24. The number of hydrogen-bond donors (Lipinski definition) is 0. The Balaban J connectivity index is 0.000000137. The normalized spacial score (nSPS) is 10.1. The van der Waals surface area contributed by atoms with Crippen LogP contribution in [-0.4, -0.2) is 19.9 Å². The number of halogens is 2. The molecule has 0 spiro atoms. The van der Waals surface area contributed by atoms with E-state index in [2.05, 4.69) is 42.0 Å². The standard InChI is InChI=1S/2C11H6ClN2.2C11H8N.2Pt/c2*12-10-6-5-8-7-3-1-2-4-9(7)13-11(8)14-10;2*1-2-6-10(7-3-1)11-8-4-5-9-12-11;;/h2*1-6H;2*1-6,8-9H;;/q4*-1;2*+2. The zero-order valence-corrected chi connectivity index (χ0v) is 34.3. The summed E-state index contributed by atoms with van der Waals surface area (Å²) in [5.74, 6) is 0. The van der Waals surface area contributed by atoms with E-state index in [1.165, 1.54) is 0 Å². The Morgan fingerprint density at radius 3 is 1.20 bits per heavy atom. The number of rotatable bonds is 2. The molecule has 0 saturated heterocycles. The molecule has 6 aromatic heterocycles. The Morgan fingerprint density at radius 1 is 0.407 bits per heavy atom. The molecular weight excluding hydrogens is 1070 g/mol. The van der Waals surface area contributed by atoms with Crippen LogP contribution in [0.15, 0.2) is 170 Å². The van der Waals surface area contributed by atoms with Crippen LogP contribution in [0.4, 0.5) is 0 Å². The van der Waals surface area contributed by atoms with Gasteiger partial charge in [-0.05, 0) is 79.5 Å². The molecular formula is C44H28Cl2N6Pt2. The second-order valence-corrected chi connectivity index (χ2v) is 12.0. The van der Waals surface area contributed by atoms with Crippen molar-refractivity contribution in [3.8, 4) is 22.5 Å². The van der Waals surface area contributed by atoms with Gasteiger partial charge >= 0.3 is 42.1 Å². The number of hydrogen-bond acceptors (Lipinski definition) is 4. The Bertz CT molecular complexity index is 2390. The van der Waals surface area contributed by atoms with Crippen molar-refractivity contribution in [2.45, 2.75) is 0 Å². The molecule has 6 heterocycles. The smallest absolute Gasteiger partial charge is 0.435 e. The van der Waals surface area contributed by atoms with Gasteiger partial charge in [-0.3, -0.25) is 0 Å². The van der Waals surface area contributed by atoms with Crippen LogP contribution in [0.2, 0.25) is 10.3 Å². The Labute approximate surface area is 351 Å². The largest absolute Gasteiger partial charge is 2.00 e. The number of fused-ring (bicyclic) bond motifs is 6. The maximum absolute atomic E-state index is 5.80. The van der Waals surface area contributed by atoms with Crippen LogP contribution in [0.3, 0.4) is 0 Å². The fourth-order valence-corrected chi connectivity index (χ4v) is 5.70. The van der Waals surface area contributed by atoms with E-state index in [9.17, 15) is 0 Å². The van der Waals surface area contributed by atoms with E-state index in [1.807, 2.05) is 146 Å². The zero-order valence-electron chi connectivity index (χ0n) is 28.2. The van der Waals surface area contributed by atoms with Crippen molar-refractivity contribution >= 4 is 67.1 Å². The average Bonchev–Trinajstić information content (AvgIpc) is 3.77. The molecule has 54 heavy (non-hydrogen) atoms. The van der Waals surface area contributed by atoms with Crippen LogP contribution in [0.1, 0.15) is 0 Å². The van der Waals surface area contributed by atoms with E-state index in [0.29, 0.717) is 10.3 Å². The van der Waals surface area contributed by atoms with E-state index < -0.39 is 0 Å². The molecule has 10 aromatic rings. The number of pyridine rings is 4. The molecule has 268 valence electrons. The molecule has 10 rings (SSSR count). The molecule has 0 aliphatic carbocycles. The van der Waals surface area contributed by atoms with Crippen LogP contribution >= 0.6 is 23.2 Å². The molecule has 0 aliphatic heterocycles.